The number of hydrogen-bond donors (Lipinski definition) is 2. The molecular weight excluding hydrogens is 376 g/mol. The normalized spacial score (nSPS) is 11.0. The second-order valence-corrected chi connectivity index (χ2v) is 7.29. The maximum atomic E-state index is 12.3. The standard InChI is InChI=1S/C24H28N4O2/c1-4-5-6-13-30-21-11-8-19(9-12-21)16-25-28-24(29)23-15-22(26-27-23)20-10-7-17(2)18(3)14-20/h7-12,14-16H,4-6,13H2,1-3H3,(H,26,27)(H,28,29)/b25-16+. The van der Waals surface area contributed by atoms with Gasteiger partial charge in [-0.1, -0.05) is 31.9 Å². The van der Waals surface area contributed by atoms with Gasteiger partial charge in [-0.3, -0.25) is 9.89 Å². The molecule has 3 rings (SSSR count). The van der Waals surface area contributed by atoms with Crippen molar-refractivity contribution in [2.75, 3.05) is 6.61 Å². The number of aromatic amines is 1. The number of unbranched alkanes of at least 4 members (excludes halogenated alkanes) is 2. The Bertz CT molecular complexity index is 1010. The van der Waals surface area contributed by atoms with E-state index in [1.807, 2.05) is 36.4 Å². The molecule has 0 fully saturated rings. The largest absolute Gasteiger partial charge is 0.494 e. The zero-order chi connectivity index (χ0) is 21.3. The third-order valence-corrected chi connectivity index (χ3v) is 4.90. The fraction of sp³-hybridized carbons (Fsp3) is 0.292. The first kappa shape index (κ1) is 21.3. The molecule has 0 spiro atoms. The number of carbonyl (C=O) groups is 1. The number of nitrogens with one attached hydrogen (secondary N) is 2. The molecule has 0 atom stereocenters. The second kappa shape index (κ2) is 10.4. The highest BCUT2D eigenvalue weighted by atomic mass is 16.5. The van der Waals surface area contributed by atoms with Crippen LogP contribution >= 0.6 is 0 Å². The summed E-state index contributed by atoms with van der Waals surface area (Å²) in [7, 11) is 0. The Morgan fingerprint density at radius 1 is 1.10 bits per heavy atom. The number of benzene rings is 2. The Morgan fingerprint density at radius 2 is 1.90 bits per heavy atom. The Hall–Kier alpha value is -3.41. The van der Waals surface area contributed by atoms with Crippen LogP contribution in [0.3, 0.4) is 0 Å². The molecule has 156 valence electrons. The van der Waals surface area contributed by atoms with Gasteiger partial charge in [0.2, 0.25) is 0 Å². The van der Waals surface area contributed by atoms with Gasteiger partial charge in [0.25, 0.3) is 5.91 Å². The predicted molar refractivity (Wildman–Crippen MR) is 120 cm³/mol. The highest BCUT2D eigenvalue weighted by molar-refractivity contribution is 5.94. The summed E-state index contributed by atoms with van der Waals surface area (Å²) in [4.78, 5) is 12.3. The number of nitrogens with zero attached hydrogens (tertiary/aromatic N) is 2. The maximum Gasteiger partial charge on any atom is 0.289 e. The average molecular weight is 405 g/mol. The molecule has 0 aliphatic carbocycles. The van der Waals surface area contributed by atoms with Gasteiger partial charge in [0.1, 0.15) is 11.4 Å². The van der Waals surface area contributed by atoms with E-state index in [9.17, 15) is 4.79 Å². The van der Waals surface area contributed by atoms with Crippen LogP contribution in [-0.4, -0.2) is 28.9 Å². The van der Waals surface area contributed by atoms with Gasteiger partial charge in [0.15, 0.2) is 0 Å². The molecule has 2 aromatic carbocycles. The fourth-order valence-electron chi connectivity index (χ4n) is 2.90. The molecule has 0 bridgehead atoms. The van der Waals surface area contributed by atoms with Gasteiger partial charge >= 0.3 is 0 Å². The molecule has 0 saturated heterocycles. The molecule has 0 radical (unpaired) electrons. The van der Waals surface area contributed by atoms with Crippen molar-refractivity contribution in [3.05, 3.63) is 70.9 Å². The summed E-state index contributed by atoms with van der Waals surface area (Å²) < 4.78 is 5.69. The van der Waals surface area contributed by atoms with Gasteiger partial charge in [-0.25, -0.2) is 5.43 Å². The number of hydrogen-bond acceptors (Lipinski definition) is 4. The van der Waals surface area contributed by atoms with Crippen molar-refractivity contribution in [1.82, 2.24) is 15.6 Å². The average Bonchev–Trinajstić information content (AvgIpc) is 3.25. The van der Waals surface area contributed by atoms with E-state index in [4.69, 9.17) is 4.74 Å². The summed E-state index contributed by atoms with van der Waals surface area (Å²) in [6.45, 7) is 7.02. The van der Waals surface area contributed by atoms with Gasteiger partial charge in [-0.15, -0.1) is 0 Å². The van der Waals surface area contributed by atoms with Crippen LogP contribution in [0.15, 0.2) is 53.6 Å². The lowest BCUT2D eigenvalue weighted by Crippen LogP contribution is -2.17. The van der Waals surface area contributed by atoms with Gasteiger partial charge in [-0.2, -0.15) is 10.2 Å². The Kier molecular flexibility index (Phi) is 7.38. The SMILES string of the molecule is CCCCCOc1ccc(/C=N/NC(=O)c2cc(-c3ccc(C)c(C)c3)n[nH]2)cc1. The number of amides is 1. The first-order chi connectivity index (χ1) is 14.6. The van der Waals surface area contributed by atoms with Crippen LogP contribution in [0, 0.1) is 13.8 Å². The molecular formula is C24H28N4O2. The van der Waals surface area contributed by atoms with Crippen molar-refractivity contribution in [2.24, 2.45) is 5.10 Å². The van der Waals surface area contributed by atoms with E-state index in [2.05, 4.69) is 47.6 Å². The molecule has 30 heavy (non-hydrogen) atoms. The molecule has 0 aliphatic rings. The molecule has 2 N–H and O–H groups in total. The summed E-state index contributed by atoms with van der Waals surface area (Å²) in [5.74, 6) is 0.494. The van der Waals surface area contributed by atoms with Crippen molar-refractivity contribution < 1.29 is 9.53 Å². The van der Waals surface area contributed by atoms with Crippen LogP contribution in [0.1, 0.15) is 53.4 Å². The molecule has 0 unspecified atom stereocenters. The Balaban J connectivity index is 1.53. The van der Waals surface area contributed by atoms with Crippen LogP contribution in [0.25, 0.3) is 11.3 Å². The highest BCUT2D eigenvalue weighted by Crippen LogP contribution is 2.21. The van der Waals surface area contributed by atoms with Crippen LogP contribution < -0.4 is 10.2 Å². The van der Waals surface area contributed by atoms with Crippen molar-refractivity contribution in [3.63, 3.8) is 0 Å². The summed E-state index contributed by atoms with van der Waals surface area (Å²) in [5, 5.41) is 11.0. The summed E-state index contributed by atoms with van der Waals surface area (Å²) in [6.07, 6.45) is 5.01. The third kappa shape index (κ3) is 5.80. The molecule has 0 saturated carbocycles. The van der Waals surface area contributed by atoms with Crippen LogP contribution in [0.4, 0.5) is 0 Å². The quantitative estimate of drug-likeness (QED) is 0.298. The molecule has 6 nitrogen and oxygen atoms in total. The van der Waals surface area contributed by atoms with Crippen LogP contribution in [0.2, 0.25) is 0 Å². The van der Waals surface area contributed by atoms with Crippen LogP contribution in [-0.2, 0) is 0 Å². The fourth-order valence-corrected chi connectivity index (χ4v) is 2.90. The molecule has 1 aromatic heterocycles. The number of ether oxygens (including phenoxy) is 1. The topological polar surface area (TPSA) is 79.4 Å². The summed E-state index contributed by atoms with van der Waals surface area (Å²) >= 11 is 0. The zero-order valence-corrected chi connectivity index (χ0v) is 17.7. The van der Waals surface area contributed by atoms with E-state index >= 15 is 0 Å². The van der Waals surface area contributed by atoms with E-state index in [0.29, 0.717) is 5.69 Å². The highest BCUT2D eigenvalue weighted by Gasteiger charge is 2.10. The minimum Gasteiger partial charge on any atom is -0.494 e. The Morgan fingerprint density at radius 3 is 2.63 bits per heavy atom. The number of aryl methyl sites for hydroxylation is 2. The lowest BCUT2D eigenvalue weighted by molar-refractivity contribution is 0.0950. The minimum atomic E-state index is -0.343. The number of carbonyl (C=O) groups excluding carboxylic acids is 1. The second-order valence-electron chi connectivity index (χ2n) is 7.29. The lowest BCUT2D eigenvalue weighted by atomic mass is 10.0. The van der Waals surface area contributed by atoms with E-state index in [0.717, 1.165) is 35.6 Å². The molecule has 6 heteroatoms. The van der Waals surface area contributed by atoms with Crippen molar-refractivity contribution in [2.45, 2.75) is 40.0 Å². The number of hydrazone groups is 1. The van der Waals surface area contributed by atoms with Crippen molar-refractivity contribution in [1.29, 1.82) is 0 Å². The van der Waals surface area contributed by atoms with Crippen molar-refractivity contribution in [3.8, 4) is 17.0 Å². The van der Waals surface area contributed by atoms with Gasteiger partial charge in [-0.05, 0) is 73.4 Å². The smallest absolute Gasteiger partial charge is 0.289 e. The maximum absolute atomic E-state index is 12.3. The van der Waals surface area contributed by atoms with E-state index < -0.39 is 0 Å². The molecule has 3 aromatic rings. The molecule has 1 amide bonds. The van der Waals surface area contributed by atoms with Gasteiger partial charge in [0.05, 0.1) is 18.5 Å². The Labute approximate surface area is 177 Å². The lowest BCUT2D eigenvalue weighted by Gasteiger charge is -2.05. The van der Waals surface area contributed by atoms with Gasteiger partial charge < -0.3 is 4.74 Å². The van der Waals surface area contributed by atoms with Crippen LogP contribution in [0.5, 0.6) is 5.75 Å². The minimum absolute atomic E-state index is 0.343. The summed E-state index contributed by atoms with van der Waals surface area (Å²) in [6, 6.07) is 15.4. The monoisotopic (exact) mass is 404 g/mol. The van der Waals surface area contributed by atoms with E-state index in [1.54, 1.807) is 12.3 Å². The third-order valence-electron chi connectivity index (χ3n) is 4.90. The summed E-state index contributed by atoms with van der Waals surface area (Å²) in [5.41, 5.74) is 7.85. The van der Waals surface area contributed by atoms with Gasteiger partial charge in [0, 0.05) is 5.56 Å². The molecule has 0 aliphatic heterocycles. The number of aromatic nitrogens is 2. The molecule has 1 heterocycles. The first-order valence-electron chi connectivity index (χ1n) is 10.3. The van der Waals surface area contributed by atoms with Crippen molar-refractivity contribution >= 4 is 12.1 Å². The van der Waals surface area contributed by atoms with E-state index in [-0.39, 0.29) is 5.91 Å². The van der Waals surface area contributed by atoms with E-state index in [1.165, 1.54) is 24.0 Å². The number of H-pyrrole nitrogens is 1. The first-order valence-corrected chi connectivity index (χ1v) is 10.3. The number of rotatable bonds is 9. The zero-order valence-electron chi connectivity index (χ0n) is 17.7. The predicted octanol–water partition coefficient (Wildman–Crippen LogP) is 5.03.